The Labute approximate surface area is 107 Å². The van der Waals surface area contributed by atoms with Gasteiger partial charge in [0.2, 0.25) is 0 Å². The molecular weight excluding hydrogens is 245 g/mol. The van der Waals surface area contributed by atoms with Crippen LogP contribution in [0.1, 0.15) is 25.8 Å². The van der Waals surface area contributed by atoms with Crippen LogP contribution in [0.2, 0.25) is 10.0 Å². The van der Waals surface area contributed by atoms with Gasteiger partial charge in [0.25, 0.3) is 0 Å². The van der Waals surface area contributed by atoms with Gasteiger partial charge in [0.05, 0.1) is 23.7 Å². The Bertz CT molecular complexity index is 355. The molecule has 0 heterocycles. The average Bonchev–Trinajstić information content (AvgIpc) is 2.25. The van der Waals surface area contributed by atoms with Gasteiger partial charge in [0, 0.05) is 5.02 Å². The number of ether oxygens (including phenoxy) is 1. The monoisotopic (exact) mass is 262 g/mol. The lowest BCUT2D eigenvalue weighted by molar-refractivity contribution is -0.701. The molecule has 0 fully saturated rings. The van der Waals surface area contributed by atoms with E-state index in [-0.39, 0.29) is 0 Å². The Kier molecular flexibility index (Phi) is 5.39. The molecule has 4 heteroatoms. The van der Waals surface area contributed by atoms with Crippen LogP contribution >= 0.6 is 23.2 Å². The maximum absolute atomic E-state index is 6.06. The third kappa shape index (κ3) is 3.55. The molecule has 0 spiro atoms. The van der Waals surface area contributed by atoms with Crippen LogP contribution in [0.5, 0.6) is 5.75 Å². The largest absolute Gasteiger partial charge is 0.495 e. The first-order valence-electron chi connectivity index (χ1n) is 5.43. The molecule has 0 saturated heterocycles. The van der Waals surface area contributed by atoms with E-state index in [2.05, 4.69) is 19.2 Å². The predicted octanol–water partition coefficient (Wildman–Crippen LogP) is 2.86. The second kappa shape index (κ2) is 6.33. The molecular formula is C12H18Cl2NO+. The van der Waals surface area contributed by atoms with E-state index in [1.165, 1.54) is 0 Å². The highest BCUT2D eigenvalue weighted by Gasteiger charge is 2.12. The van der Waals surface area contributed by atoms with Crippen LogP contribution in [0.4, 0.5) is 0 Å². The summed E-state index contributed by atoms with van der Waals surface area (Å²) in [5, 5.41) is 3.48. The molecule has 0 aliphatic rings. The number of methoxy groups -OCH3 is 1. The van der Waals surface area contributed by atoms with E-state index in [0.29, 0.717) is 16.1 Å². The van der Waals surface area contributed by atoms with Gasteiger partial charge >= 0.3 is 0 Å². The molecule has 2 nitrogen and oxygen atoms in total. The van der Waals surface area contributed by atoms with E-state index in [1.807, 2.05) is 6.07 Å². The van der Waals surface area contributed by atoms with Crippen molar-refractivity contribution in [3.8, 4) is 5.75 Å². The van der Waals surface area contributed by atoms with Gasteiger partial charge in [-0.15, -0.1) is 0 Å². The summed E-state index contributed by atoms with van der Waals surface area (Å²) in [4.78, 5) is 0. The van der Waals surface area contributed by atoms with Gasteiger partial charge < -0.3 is 10.1 Å². The molecule has 1 aromatic carbocycles. The van der Waals surface area contributed by atoms with E-state index in [1.54, 1.807) is 13.2 Å². The molecule has 0 saturated carbocycles. The molecule has 0 amide bonds. The molecule has 1 aromatic rings. The lowest BCUT2D eigenvalue weighted by Gasteiger charge is -2.12. The topological polar surface area (TPSA) is 25.8 Å². The first-order valence-corrected chi connectivity index (χ1v) is 6.19. The minimum atomic E-state index is 0.572. The third-order valence-electron chi connectivity index (χ3n) is 2.67. The number of nitrogens with two attached hydrogens (primary N) is 1. The molecule has 0 unspecified atom stereocenters. The Morgan fingerprint density at radius 1 is 1.38 bits per heavy atom. The van der Waals surface area contributed by atoms with Gasteiger partial charge in [-0.05, 0) is 25.5 Å². The molecule has 1 atom stereocenters. The van der Waals surface area contributed by atoms with Crippen molar-refractivity contribution in [3.05, 3.63) is 27.7 Å². The van der Waals surface area contributed by atoms with Crippen LogP contribution in [0.3, 0.4) is 0 Å². The molecule has 2 N–H and O–H groups in total. The van der Waals surface area contributed by atoms with Gasteiger partial charge in [-0.1, -0.05) is 30.1 Å². The normalized spacial score (nSPS) is 12.6. The summed E-state index contributed by atoms with van der Waals surface area (Å²) in [7, 11) is 1.63. The molecule has 0 bridgehead atoms. The number of quaternary nitrogens is 1. The number of hydrogen-bond acceptors (Lipinski definition) is 1. The quantitative estimate of drug-likeness (QED) is 0.868. The summed E-state index contributed by atoms with van der Waals surface area (Å²) < 4.78 is 5.29. The second-order valence-electron chi connectivity index (χ2n) is 3.91. The summed E-state index contributed by atoms with van der Waals surface area (Å²) in [6, 6.07) is 4.20. The van der Waals surface area contributed by atoms with Gasteiger partial charge in [-0.2, -0.15) is 0 Å². The van der Waals surface area contributed by atoms with Crippen molar-refractivity contribution in [2.24, 2.45) is 0 Å². The van der Waals surface area contributed by atoms with Crippen molar-refractivity contribution in [3.63, 3.8) is 0 Å². The second-order valence-corrected chi connectivity index (χ2v) is 4.75. The minimum absolute atomic E-state index is 0.572. The lowest BCUT2D eigenvalue weighted by atomic mass is 10.1. The van der Waals surface area contributed by atoms with Gasteiger partial charge in [0.15, 0.2) is 0 Å². The zero-order valence-corrected chi connectivity index (χ0v) is 11.4. The summed E-state index contributed by atoms with van der Waals surface area (Å²) in [5.41, 5.74) is 1.04. The van der Waals surface area contributed by atoms with Crippen LogP contribution in [-0.2, 0) is 6.54 Å². The highest BCUT2D eigenvalue weighted by molar-refractivity contribution is 6.35. The van der Waals surface area contributed by atoms with Crippen LogP contribution in [0.15, 0.2) is 12.1 Å². The average molecular weight is 263 g/mol. The predicted molar refractivity (Wildman–Crippen MR) is 68.4 cm³/mol. The number of hydrogen-bond donors (Lipinski definition) is 1. The van der Waals surface area contributed by atoms with Crippen molar-refractivity contribution >= 4 is 23.2 Å². The highest BCUT2D eigenvalue weighted by Crippen LogP contribution is 2.31. The van der Waals surface area contributed by atoms with Crippen molar-refractivity contribution in [1.29, 1.82) is 0 Å². The Morgan fingerprint density at radius 3 is 2.62 bits per heavy atom. The SMILES string of the molecule is CC[C@@H](C)[NH2+]Cc1cc(Cl)cc(Cl)c1OC. The number of rotatable bonds is 5. The summed E-state index contributed by atoms with van der Waals surface area (Å²) in [6.07, 6.45) is 1.14. The number of benzene rings is 1. The molecule has 90 valence electrons. The van der Waals surface area contributed by atoms with Crippen molar-refractivity contribution in [1.82, 2.24) is 0 Å². The fourth-order valence-corrected chi connectivity index (χ4v) is 2.10. The fourth-order valence-electron chi connectivity index (χ4n) is 1.49. The zero-order chi connectivity index (χ0) is 12.1. The summed E-state index contributed by atoms with van der Waals surface area (Å²) in [6.45, 7) is 5.19. The molecule has 1 rings (SSSR count). The maximum atomic E-state index is 6.06. The highest BCUT2D eigenvalue weighted by atomic mass is 35.5. The molecule has 0 aliphatic carbocycles. The van der Waals surface area contributed by atoms with E-state index in [9.17, 15) is 0 Å². The smallest absolute Gasteiger partial charge is 0.146 e. The maximum Gasteiger partial charge on any atom is 0.146 e. The van der Waals surface area contributed by atoms with E-state index in [0.717, 1.165) is 24.3 Å². The van der Waals surface area contributed by atoms with Gasteiger partial charge in [0.1, 0.15) is 12.3 Å². The standard InChI is InChI=1S/C12H17Cl2NO/c1-4-8(2)15-7-9-5-10(13)6-11(14)12(9)16-3/h5-6,8,15H,4,7H2,1-3H3/p+1/t8-/m1/s1. The first kappa shape index (κ1) is 13.6. The van der Waals surface area contributed by atoms with Gasteiger partial charge in [-0.3, -0.25) is 0 Å². The van der Waals surface area contributed by atoms with Crippen LogP contribution < -0.4 is 10.1 Å². The Balaban J connectivity index is 2.85. The third-order valence-corrected chi connectivity index (χ3v) is 3.17. The zero-order valence-electron chi connectivity index (χ0n) is 9.89. The molecule has 0 aliphatic heterocycles. The van der Waals surface area contributed by atoms with Crippen molar-refractivity contribution < 1.29 is 10.1 Å². The summed E-state index contributed by atoms with van der Waals surface area (Å²) in [5.74, 6) is 0.727. The van der Waals surface area contributed by atoms with Gasteiger partial charge in [-0.25, -0.2) is 0 Å². The van der Waals surface area contributed by atoms with Crippen molar-refractivity contribution in [2.75, 3.05) is 7.11 Å². The molecule has 16 heavy (non-hydrogen) atoms. The summed E-state index contributed by atoms with van der Waals surface area (Å²) >= 11 is 12.0. The Hall–Kier alpha value is -0.440. The molecule has 0 aromatic heterocycles. The Morgan fingerprint density at radius 2 is 2.06 bits per heavy atom. The molecule has 0 radical (unpaired) electrons. The van der Waals surface area contributed by atoms with E-state index < -0.39 is 0 Å². The minimum Gasteiger partial charge on any atom is -0.495 e. The van der Waals surface area contributed by atoms with E-state index >= 15 is 0 Å². The fraction of sp³-hybridized carbons (Fsp3) is 0.500. The first-order chi connectivity index (χ1) is 7.58. The lowest BCUT2D eigenvalue weighted by Crippen LogP contribution is -2.87. The van der Waals surface area contributed by atoms with Crippen LogP contribution in [0.25, 0.3) is 0 Å². The van der Waals surface area contributed by atoms with Crippen molar-refractivity contribution in [2.45, 2.75) is 32.9 Å². The van der Waals surface area contributed by atoms with Crippen LogP contribution in [-0.4, -0.2) is 13.2 Å². The number of halogens is 2. The van der Waals surface area contributed by atoms with E-state index in [4.69, 9.17) is 27.9 Å². The van der Waals surface area contributed by atoms with Crippen LogP contribution in [0, 0.1) is 0 Å².